The number of rotatable bonds is 6. The van der Waals surface area contributed by atoms with Gasteiger partial charge in [0.05, 0.1) is 12.1 Å². The fourth-order valence-corrected chi connectivity index (χ4v) is 1.51. The average molecular weight is 252 g/mol. The lowest BCUT2D eigenvalue weighted by molar-refractivity contribution is -0.122. The molecule has 0 saturated carbocycles. The van der Waals surface area contributed by atoms with Crippen LogP contribution in [0.1, 0.15) is 18.9 Å². The number of phenols is 1. The summed E-state index contributed by atoms with van der Waals surface area (Å²) in [5.74, 6) is -0.0440. The lowest BCUT2D eigenvalue weighted by Crippen LogP contribution is -2.42. The normalized spacial score (nSPS) is 13.9. The summed E-state index contributed by atoms with van der Waals surface area (Å²) in [4.78, 5) is 11.6. The first-order valence-electron chi connectivity index (χ1n) is 5.98. The summed E-state index contributed by atoms with van der Waals surface area (Å²) >= 11 is 0. The molecule has 5 nitrogen and oxygen atoms in total. The van der Waals surface area contributed by atoms with Gasteiger partial charge in [-0.05, 0) is 37.5 Å². The lowest BCUT2D eigenvalue weighted by atomic mass is 10.1. The molecule has 0 spiro atoms. The molecule has 1 unspecified atom stereocenters. The minimum absolute atomic E-state index is 0.189. The van der Waals surface area contributed by atoms with Gasteiger partial charge in [0, 0.05) is 6.54 Å². The molecule has 5 heteroatoms. The van der Waals surface area contributed by atoms with E-state index in [1.54, 1.807) is 31.2 Å². The SMILES string of the molecule is CC(O)CCNC(=O)[C@H](N)Cc1ccc(O)cc1. The van der Waals surface area contributed by atoms with E-state index in [0.717, 1.165) is 5.56 Å². The summed E-state index contributed by atoms with van der Waals surface area (Å²) in [6, 6.07) is 5.97. The molecule has 100 valence electrons. The smallest absolute Gasteiger partial charge is 0.237 e. The molecule has 0 aliphatic heterocycles. The van der Waals surface area contributed by atoms with Gasteiger partial charge >= 0.3 is 0 Å². The number of aliphatic hydroxyl groups is 1. The molecule has 1 aromatic carbocycles. The molecule has 0 fully saturated rings. The average Bonchev–Trinajstić information content (AvgIpc) is 2.31. The maximum atomic E-state index is 11.6. The minimum Gasteiger partial charge on any atom is -0.508 e. The Morgan fingerprint density at radius 2 is 2.00 bits per heavy atom. The van der Waals surface area contributed by atoms with Gasteiger partial charge in [-0.15, -0.1) is 0 Å². The number of amides is 1. The predicted octanol–water partition coefficient (Wildman–Crippen LogP) is 0.149. The monoisotopic (exact) mass is 252 g/mol. The number of hydrogen-bond donors (Lipinski definition) is 4. The first-order valence-corrected chi connectivity index (χ1v) is 5.98. The van der Waals surface area contributed by atoms with Crippen LogP contribution in [0.2, 0.25) is 0 Å². The van der Waals surface area contributed by atoms with Crippen molar-refractivity contribution < 1.29 is 15.0 Å². The van der Waals surface area contributed by atoms with Gasteiger partial charge in [-0.2, -0.15) is 0 Å². The Morgan fingerprint density at radius 3 is 2.56 bits per heavy atom. The first-order chi connectivity index (χ1) is 8.49. The Kier molecular flexibility index (Phi) is 5.61. The van der Waals surface area contributed by atoms with Crippen molar-refractivity contribution in [2.75, 3.05) is 6.54 Å². The maximum Gasteiger partial charge on any atom is 0.237 e. The van der Waals surface area contributed by atoms with Gasteiger partial charge in [0.2, 0.25) is 5.91 Å². The third-order valence-electron chi connectivity index (χ3n) is 2.59. The second-order valence-corrected chi connectivity index (χ2v) is 4.41. The Bertz CT molecular complexity index is 376. The van der Waals surface area contributed by atoms with Crippen LogP contribution in [0.25, 0.3) is 0 Å². The fraction of sp³-hybridized carbons (Fsp3) is 0.462. The highest BCUT2D eigenvalue weighted by Crippen LogP contribution is 2.10. The summed E-state index contributed by atoms with van der Waals surface area (Å²) in [5, 5.41) is 20.9. The highest BCUT2D eigenvalue weighted by Gasteiger charge is 2.13. The van der Waals surface area contributed by atoms with Crippen LogP contribution < -0.4 is 11.1 Å². The molecule has 0 bridgehead atoms. The van der Waals surface area contributed by atoms with Crippen LogP contribution in [0.3, 0.4) is 0 Å². The molecule has 1 amide bonds. The van der Waals surface area contributed by atoms with Crippen molar-refractivity contribution in [3.8, 4) is 5.75 Å². The van der Waals surface area contributed by atoms with Crippen LogP contribution >= 0.6 is 0 Å². The van der Waals surface area contributed by atoms with E-state index in [4.69, 9.17) is 15.9 Å². The van der Waals surface area contributed by atoms with E-state index in [0.29, 0.717) is 19.4 Å². The van der Waals surface area contributed by atoms with Crippen LogP contribution in [-0.4, -0.2) is 34.8 Å². The zero-order valence-electron chi connectivity index (χ0n) is 10.5. The minimum atomic E-state index is -0.622. The van der Waals surface area contributed by atoms with Crippen molar-refractivity contribution in [3.05, 3.63) is 29.8 Å². The van der Waals surface area contributed by atoms with Gasteiger partial charge < -0.3 is 21.3 Å². The Balaban J connectivity index is 2.37. The van der Waals surface area contributed by atoms with Crippen LogP contribution in [0.4, 0.5) is 0 Å². The first kappa shape index (κ1) is 14.5. The largest absolute Gasteiger partial charge is 0.508 e. The van der Waals surface area contributed by atoms with Gasteiger partial charge in [-0.3, -0.25) is 4.79 Å². The van der Waals surface area contributed by atoms with Crippen molar-refractivity contribution in [2.45, 2.75) is 31.9 Å². The van der Waals surface area contributed by atoms with E-state index in [9.17, 15) is 4.79 Å². The molecule has 0 aliphatic rings. The van der Waals surface area contributed by atoms with Crippen molar-refractivity contribution >= 4 is 5.91 Å². The molecule has 1 rings (SSSR count). The van der Waals surface area contributed by atoms with Crippen molar-refractivity contribution in [3.63, 3.8) is 0 Å². The molecule has 18 heavy (non-hydrogen) atoms. The summed E-state index contributed by atoms with van der Waals surface area (Å²) in [7, 11) is 0. The number of carbonyl (C=O) groups is 1. The second kappa shape index (κ2) is 6.98. The van der Waals surface area contributed by atoms with Crippen molar-refractivity contribution in [1.82, 2.24) is 5.32 Å². The second-order valence-electron chi connectivity index (χ2n) is 4.41. The number of aromatic hydroxyl groups is 1. The predicted molar refractivity (Wildman–Crippen MR) is 69.1 cm³/mol. The molecule has 1 aromatic rings. The number of hydrogen-bond acceptors (Lipinski definition) is 4. The number of nitrogens with one attached hydrogen (secondary N) is 1. The van der Waals surface area contributed by atoms with E-state index in [1.807, 2.05) is 0 Å². The quantitative estimate of drug-likeness (QED) is 0.579. The van der Waals surface area contributed by atoms with E-state index in [-0.39, 0.29) is 11.7 Å². The third kappa shape index (κ3) is 5.16. The Labute approximate surface area is 107 Å². The van der Waals surface area contributed by atoms with E-state index >= 15 is 0 Å². The maximum absolute atomic E-state index is 11.6. The van der Waals surface area contributed by atoms with E-state index < -0.39 is 12.1 Å². The van der Waals surface area contributed by atoms with Gasteiger partial charge in [-0.1, -0.05) is 12.1 Å². The number of benzene rings is 1. The molecule has 0 aromatic heterocycles. The zero-order chi connectivity index (χ0) is 13.5. The number of phenolic OH excluding ortho intramolecular Hbond substituents is 1. The highest BCUT2D eigenvalue weighted by molar-refractivity contribution is 5.81. The summed E-state index contributed by atoms with van der Waals surface area (Å²) in [6.45, 7) is 2.09. The van der Waals surface area contributed by atoms with E-state index in [2.05, 4.69) is 5.32 Å². The fourth-order valence-electron chi connectivity index (χ4n) is 1.51. The standard InChI is InChI=1S/C13H20N2O3/c1-9(16)6-7-15-13(18)12(14)8-10-2-4-11(17)5-3-10/h2-5,9,12,16-17H,6-8,14H2,1H3,(H,15,18)/t9?,12-/m1/s1. The van der Waals surface area contributed by atoms with Gasteiger partial charge in [0.15, 0.2) is 0 Å². The summed E-state index contributed by atoms with van der Waals surface area (Å²) in [6.07, 6.45) is 0.497. The molecule has 0 radical (unpaired) electrons. The molecular formula is C13H20N2O3. The van der Waals surface area contributed by atoms with Gasteiger partial charge in [-0.25, -0.2) is 0 Å². The van der Waals surface area contributed by atoms with Crippen LogP contribution in [0, 0.1) is 0 Å². The van der Waals surface area contributed by atoms with Crippen LogP contribution in [0.5, 0.6) is 5.75 Å². The zero-order valence-corrected chi connectivity index (χ0v) is 10.5. The molecule has 0 aliphatic carbocycles. The molecule has 5 N–H and O–H groups in total. The molecular weight excluding hydrogens is 232 g/mol. The highest BCUT2D eigenvalue weighted by atomic mass is 16.3. The topological polar surface area (TPSA) is 95.6 Å². The van der Waals surface area contributed by atoms with Crippen molar-refractivity contribution in [2.24, 2.45) is 5.73 Å². The molecule has 0 saturated heterocycles. The summed E-state index contributed by atoms with van der Waals surface area (Å²) in [5.41, 5.74) is 6.66. The van der Waals surface area contributed by atoms with Crippen LogP contribution in [0.15, 0.2) is 24.3 Å². The van der Waals surface area contributed by atoms with E-state index in [1.165, 1.54) is 0 Å². The van der Waals surface area contributed by atoms with Crippen molar-refractivity contribution in [1.29, 1.82) is 0 Å². The number of carbonyl (C=O) groups excluding carboxylic acids is 1. The third-order valence-corrected chi connectivity index (χ3v) is 2.59. The Morgan fingerprint density at radius 1 is 1.39 bits per heavy atom. The number of aliphatic hydroxyl groups excluding tert-OH is 1. The number of nitrogens with two attached hydrogens (primary N) is 1. The molecule has 2 atom stereocenters. The molecule has 0 heterocycles. The van der Waals surface area contributed by atoms with Gasteiger partial charge in [0.1, 0.15) is 5.75 Å². The summed E-state index contributed by atoms with van der Waals surface area (Å²) < 4.78 is 0. The van der Waals surface area contributed by atoms with Gasteiger partial charge in [0.25, 0.3) is 0 Å². The van der Waals surface area contributed by atoms with Crippen LogP contribution in [-0.2, 0) is 11.2 Å². The lowest BCUT2D eigenvalue weighted by Gasteiger charge is -2.13. The Hall–Kier alpha value is -1.59.